The van der Waals surface area contributed by atoms with Crippen LogP contribution in [0.25, 0.3) is 5.65 Å². The van der Waals surface area contributed by atoms with Crippen LogP contribution in [0.1, 0.15) is 35.3 Å². The number of carbonyl (C=O) groups is 1. The highest BCUT2D eigenvalue weighted by Gasteiger charge is 2.26. The highest BCUT2D eigenvalue weighted by Crippen LogP contribution is 2.22. The second-order valence-electron chi connectivity index (χ2n) is 8.07. The summed E-state index contributed by atoms with van der Waals surface area (Å²) in [4.78, 5) is 17.5. The molecule has 5 rings (SSSR count). The number of imidazole rings is 1. The van der Waals surface area contributed by atoms with E-state index >= 15 is 0 Å². The summed E-state index contributed by atoms with van der Waals surface area (Å²) in [6.45, 7) is 1.50. The van der Waals surface area contributed by atoms with Gasteiger partial charge in [0.05, 0.1) is 29.0 Å². The average Bonchev–Trinajstić information content (AvgIpc) is 3.45. The van der Waals surface area contributed by atoms with Crippen molar-refractivity contribution < 1.29 is 13.2 Å². The van der Waals surface area contributed by atoms with E-state index in [-0.39, 0.29) is 10.5 Å². The summed E-state index contributed by atoms with van der Waals surface area (Å²) in [7, 11) is -3.60. The van der Waals surface area contributed by atoms with Gasteiger partial charge in [0, 0.05) is 37.2 Å². The minimum absolute atomic E-state index is 0.139. The number of sulfonamides is 1. The van der Waals surface area contributed by atoms with E-state index in [0.29, 0.717) is 25.3 Å². The van der Waals surface area contributed by atoms with E-state index in [9.17, 15) is 13.2 Å². The zero-order valence-corrected chi connectivity index (χ0v) is 18.8. The summed E-state index contributed by atoms with van der Waals surface area (Å²) < 4.78 is 31.0. The Hall–Kier alpha value is -3.50. The van der Waals surface area contributed by atoms with Crippen LogP contribution < -0.4 is 5.32 Å². The summed E-state index contributed by atoms with van der Waals surface area (Å²) in [5.41, 5.74) is 2.50. The molecule has 3 aromatic heterocycles. The molecule has 10 heteroatoms. The second kappa shape index (κ2) is 8.80. The Morgan fingerprint density at radius 3 is 2.70 bits per heavy atom. The number of benzene rings is 1. The lowest BCUT2D eigenvalue weighted by molar-refractivity contribution is 0.102. The molecule has 1 saturated heterocycles. The number of fused-ring (bicyclic) bond motifs is 1. The number of nitrogens with zero attached hydrogens (tertiary/aromatic N) is 5. The first kappa shape index (κ1) is 21.4. The maximum atomic E-state index is 12.9. The highest BCUT2D eigenvalue weighted by molar-refractivity contribution is 7.89. The molecule has 0 atom stereocenters. The van der Waals surface area contributed by atoms with E-state index in [1.165, 1.54) is 16.4 Å². The third kappa shape index (κ3) is 4.53. The van der Waals surface area contributed by atoms with Crippen molar-refractivity contribution in [2.24, 2.45) is 0 Å². The SMILES string of the molecule is O=C(Nc1cnn(Cc2cn3ccccc3n2)c1)c1cccc(S(=O)(=O)N2CCCCC2)c1. The number of hydrogen-bond donors (Lipinski definition) is 1. The fourth-order valence-electron chi connectivity index (χ4n) is 4.00. The number of carbonyl (C=O) groups excluding carboxylic acids is 1. The zero-order chi connectivity index (χ0) is 22.8. The number of amides is 1. The molecule has 0 unspecified atom stereocenters. The van der Waals surface area contributed by atoms with Gasteiger partial charge in [0.25, 0.3) is 5.91 Å². The monoisotopic (exact) mass is 464 g/mol. The van der Waals surface area contributed by atoms with Crippen LogP contribution in [-0.4, -0.2) is 50.9 Å². The molecule has 170 valence electrons. The topological polar surface area (TPSA) is 102 Å². The lowest BCUT2D eigenvalue weighted by Gasteiger charge is -2.26. The van der Waals surface area contributed by atoms with Crippen molar-refractivity contribution in [1.82, 2.24) is 23.5 Å². The van der Waals surface area contributed by atoms with Crippen molar-refractivity contribution in [3.8, 4) is 0 Å². The van der Waals surface area contributed by atoms with Crippen LogP contribution in [0.5, 0.6) is 0 Å². The lowest BCUT2D eigenvalue weighted by atomic mass is 10.2. The number of nitrogens with one attached hydrogen (secondary N) is 1. The fraction of sp³-hybridized carbons (Fsp3) is 0.261. The molecule has 0 bridgehead atoms. The third-order valence-corrected chi connectivity index (χ3v) is 7.57. The van der Waals surface area contributed by atoms with Gasteiger partial charge in [-0.2, -0.15) is 9.40 Å². The van der Waals surface area contributed by atoms with Gasteiger partial charge in [-0.1, -0.05) is 18.6 Å². The van der Waals surface area contributed by atoms with Gasteiger partial charge in [-0.3, -0.25) is 9.48 Å². The number of rotatable bonds is 6. The molecule has 0 radical (unpaired) electrons. The number of anilines is 1. The molecular weight excluding hydrogens is 440 g/mol. The molecule has 1 fully saturated rings. The van der Waals surface area contributed by atoms with Crippen molar-refractivity contribution >= 4 is 27.3 Å². The van der Waals surface area contributed by atoms with Gasteiger partial charge in [0.15, 0.2) is 0 Å². The fourth-order valence-corrected chi connectivity index (χ4v) is 5.56. The predicted molar refractivity (Wildman–Crippen MR) is 124 cm³/mol. The number of pyridine rings is 1. The van der Waals surface area contributed by atoms with Gasteiger partial charge in [-0.15, -0.1) is 0 Å². The molecule has 1 aromatic carbocycles. The number of hydrogen-bond acceptors (Lipinski definition) is 5. The number of piperidine rings is 1. The minimum Gasteiger partial charge on any atom is -0.319 e. The van der Waals surface area contributed by atoms with Crippen molar-refractivity contribution in [2.45, 2.75) is 30.7 Å². The zero-order valence-electron chi connectivity index (χ0n) is 18.0. The van der Waals surface area contributed by atoms with Crippen LogP contribution in [0.4, 0.5) is 5.69 Å². The Morgan fingerprint density at radius 2 is 1.88 bits per heavy atom. The van der Waals surface area contributed by atoms with Gasteiger partial charge in [-0.05, 0) is 43.2 Å². The standard InChI is InChI=1S/C23H24N6O3S/c30-23(18-7-6-8-21(13-18)33(31,32)29-11-3-1-4-12-29)26-19-14-24-28(16-19)17-20-15-27-10-5-2-9-22(27)25-20/h2,5-10,13-16H,1,3-4,11-12,17H2,(H,26,30). The normalized spacial score (nSPS) is 15.0. The molecule has 1 amide bonds. The van der Waals surface area contributed by atoms with E-state index in [1.807, 2.05) is 35.0 Å². The molecule has 0 saturated carbocycles. The summed E-state index contributed by atoms with van der Waals surface area (Å²) >= 11 is 0. The third-order valence-electron chi connectivity index (χ3n) is 5.68. The van der Waals surface area contributed by atoms with E-state index in [2.05, 4.69) is 15.4 Å². The van der Waals surface area contributed by atoms with Gasteiger partial charge < -0.3 is 9.72 Å². The molecule has 33 heavy (non-hydrogen) atoms. The van der Waals surface area contributed by atoms with Gasteiger partial charge in [0.2, 0.25) is 10.0 Å². The second-order valence-corrected chi connectivity index (χ2v) is 10.0. The lowest BCUT2D eigenvalue weighted by Crippen LogP contribution is -2.35. The van der Waals surface area contributed by atoms with Crippen LogP contribution in [0.15, 0.2) is 72.1 Å². The van der Waals surface area contributed by atoms with E-state index in [4.69, 9.17) is 0 Å². The quantitative estimate of drug-likeness (QED) is 0.473. The Labute approximate surface area is 191 Å². The predicted octanol–water partition coefficient (Wildman–Crippen LogP) is 3.01. The van der Waals surface area contributed by atoms with Crippen LogP contribution in [0, 0.1) is 0 Å². The van der Waals surface area contributed by atoms with Gasteiger partial charge in [-0.25, -0.2) is 13.4 Å². The Kier molecular flexibility index (Phi) is 5.69. The summed E-state index contributed by atoms with van der Waals surface area (Å²) in [6.07, 6.45) is 9.90. The summed E-state index contributed by atoms with van der Waals surface area (Å²) in [5.74, 6) is -0.391. The largest absolute Gasteiger partial charge is 0.319 e. The molecule has 0 aliphatic carbocycles. The van der Waals surface area contributed by atoms with Gasteiger partial charge in [0.1, 0.15) is 5.65 Å². The van der Waals surface area contributed by atoms with E-state index in [0.717, 1.165) is 30.6 Å². The molecule has 1 aliphatic rings. The first-order valence-corrected chi connectivity index (χ1v) is 12.3. The Morgan fingerprint density at radius 1 is 1.03 bits per heavy atom. The highest BCUT2D eigenvalue weighted by atomic mass is 32.2. The summed E-state index contributed by atoms with van der Waals surface area (Å²) in [6, 6.07) is 12.0. The first-order chi connectivity index (χ1) is 16.0. The molecule has 9 nitrogen and oxygen atoms in total. The van der Waals surface area contributed by atoms with E-state index in [1.54, 1.807) is 29.2 Å². The Bertz CT molecular complexity index is 1370. The molecular formula is C23H24N6O3S. The van der Waals surface area contributed by atoms with Crippen molar-refractivity contribution in [2.75, 3.05) is 18.4 Å². The van der Waals surface area contributed by atoms with Crippen molar-refractivity contribution in [3.05, 3.63) is 78.5 Å². The Balaban J connectivity index is 1.28. The minimum atomic E-state index is -3.60. The average molecular weight is 465 g/mol. The van der Waals surface area contributed by atoms with Crippen LogP contribution >= 0.6 is 0 Å². The molecule has 1 aliphatic heterocycles. The number of aromatic nitrogens is 4. The van der Waals surface area contributed by atoms with Gasteiger partial charge >= 0.3 is 0 Å². The molecule has 0 spiro atoms. The van der Waals surface area contributed by atoms with Crippen molar-refractivity contribution in [3.63, 3.8) is 0 Å². The van der Waals surface area contributed by atoms with Crippen LogP contribution in [-0.2, 0) is 16.6 Å². The van der Waals surface area contributed by atoms with Crippen LogP contribution in [0.2, 0.25) is 0 Å². The van der Waals surface area contributed by atoms with Crippen LogP contribution in [0.3, 0.4) is 0 Å². The van der Waals surface area contributed by atoms with E-state index < -0.39 is 15.9 Å². The maximum Gasteiger partial charge on any atom is 0.255 e. The molecule has 1 N–H and O–H groups in total. The first-order valence-electron chi connectivity index (χ1n) is 10.9. The molecule has 4 heterocycles. The molecule has 4 aromatic rings. The van der Waals surface area contributed by atoms with Crippen molar-refractivity contribution in [1.29, 1.82) is 0 Å². The maximum absolute atomic E-state index is 12.9. The smallest absolute Gasteiger partial charge is 0.255 e. The summed E-state index contributed by atoms with van der Waals surface area (Å²) in [5, 5.41) is 7.09.